The Hall–Kier alpha value is -0.340. The zero-order chi connectivity index (χ0) is 10.4. The number of hydrogen-bond acceptors (Lipinski definition) is 0. The van der Waals surface area contributed by atoms with E-state index in [2.05, 4.69) is 28.1 Å². The van der Waals surface area contributed by atoms with Crippen LogP contribution in [-0.4, -0.2) is 5.33 Å². The van der Waals surface area contributed by atoms with Crippen LogP contribution in [0.15, 0.2) is 30.4 Å². The zero-order valence-electron chi connectivity index (χ0n) is 7.64. The second-order valence-corrected chi connectivity index (χ2v) is 4.10. The molecule has 0 aromatic heterocycles. The van der Waals surface area contributed by atoms with Gasteiger partial charge in [0.15, 0.2) is 0 Å². The number of rotatable bonds is 4. The van der Waals surface area contributed by atoms with Crippen molar-refractivity contribution >= 4 is 27.5 Å². The van der Waals surface area contributed by atoms with Gasteiger partial charge in [-0.2, -0.15) is 0 Å². The van der Waals surface area contributed by atoms with Crippen LogP contribution in [0.5, 0.6) is 0 Å². The van der Waals surface area contributed by atoms with Crippen molar-refractivity contribution in [1.82, 2.24) is 0 Å². The highest BCUT2D eigenvalue weighted by atomic mass is 79.9. The summed E-state index contributed by atoms with van der Waals surface area (Å²) in [5.74, 6) is -0.361. The van der Waals surface area contributed by atoms with Crippen LogP contribution < -0.4 is 0 Å². The van der Waals surface area contributed by atoms with Gasteiger partial charge in [0, 0.05) is 5.33 Å². The van der Waals surface area contributed by atoms with Crippen molar-refractivity contribution in [3.8, 4) is 0 Å². The van der Waals surface area contributed by atoms with Crippen molar-refractivity contribution in [1.29, 1.82) is 0 Å². The molecule has 0 aliphatic rings. The maximum absolute atomic E-state index is 12.8. The van der Waals surface area contributed by atoms with Gasteiger partial charge in [-0.3, -0.25) is 0 Å². The minimum atomic E-state index is -0.361. The Morgan fingerprint density at radius 2 is 2.14 bits per heavy atom. The molecule has 3 heteroatoms. The van der Waals surface area contributed by atoms with Gasteiger partial charge >= 0.3 is 0 Å². The summed E-state index contributed by atoms with van der Waals surface area (Å²) in [6, 6.07) is 4.81. The van der Waals surface area contributed by atoms with E-state index >= 15 is 0 Å². The summed E-state index contributed by atoms with van der Waals surface area (Å²) in [4.78, 5) is 0. The molecule has 1 rings (SSSR count). The maximum Gasteiger partial charge on any atom is 0.141 e. The summed E-state index contributed by atoms with van der Waals surface area (Å²) < 4.78 is 12.8. The fraction of sp³-hybridized carbons (Fsp3) is 0.273. The lowest BCUT2D eigenvalue weighted by molar-refractivity contribution is 0.627. The minimum Gasteiger partial charge on any atom is -0.205 e. The van der Waals surface area contributed by atoms with Gasteiger partial charge in [0.1, 0.15) is 5.82 Å². The molecular formula is C11H11BrClF. The first-order valence-electron chi connectivity index (χ1n) is 4.39. The zero-order valence-corrected chi connectivity index (χ0v) is 9.98. The van der Waals surface area contributed by atoms with Gasteiger partial charge < -0.3 is 0 Å². The third kappa shape index (κ3) is 3.81. The number of alkyl halides is 1. The Morgan fingerprint density at radius 1 is 1.36 bits per heavy atom. The fourth-order valence-electron chi connectivity index (χ4n) is 1.07. The standard InChI is InChI=1S/C11H11BrClF/c12-7-3-1-2-4-9-5-6-11(14)10(13)8-9/h1-2,5-6,8H,3-4,7H2/b2-1+. The predicted molar refractivity (Wildman–Crippen MR) is 62.7 cm³/mol. The number of halogens is 3. The Labute approximate surface area is 96.9 Å². The number of allylic oxidation sites excluding steroid dienone is 2. The van der Waals surface area contributed by atoms with Gasteiger partial charge in [0.25, 0.3) is 0 Å². The Morgan fingerprint density at radius 3 is 2.79 bits per heavy atom. The van der Waals surface area contributed by atoms with Gasteiger partial charge in [-0.15, -0.1) is 0 Å². The summed E-state index contributed by atoms with van der Waals surface area (Å²) in [5, 5.41) is 1.16. The van der Waals surface area contributed by atoms with Crippen molar-refractivity contribution in [2.45, 2.75) is 12.8 Å². The first-order valence-corrected chi connectivity index (χ1v) is 5.89. The van der Waals surface area contributed by atoms with E-state index in [1.807, 2.05) is 0 Å². The van der Waals surface area contributed by atoms with Gasteiger partial charge in [-0.05, 0) is 30.5 Å². The maximum atomic E-state index is 12.8. The first-order chi connectivity index (χ1) is 6.74. The largest absolute Gasteiger partial charge is 0.205 e. The average molecular weight is 278 g/mol. The van der Waals surface area contributed by atoms with Crippen LogP contribution >= 0.6 is 27.5 Å². The van der Waals surface area contributed by atoms with Gasteiger partial charge in [-0.25, -0.2) is 4.39 Å². The lowest BCUT2D eigenvalue weighted by Crippen LogP contribution is -1.83. The monoisotopic (exact) mass is 276 g/mol. The van der Waals surface area contributed by atoms with Gasteiger partial charge in [0.05, 0.1) is 5.02 Å². The highest BCUT2D eigenvalue weighted by Gasteiger charge is 1.98. The molecule has 0 atom stereocenters. The average Bonchev–Trinajstić information content (AvgIpc) is 2.18. The third-order valence-corrected chi connectivity index (χ3v) is 2.53. The van der Waals surface area contributed by atoms with E-state index in [1.54, 1.807) is 12.1 Å². The molecule has 0 saturated carbocycles. The highest BCUT2D eigenvalue weighted by Crippen LogP contribution is 2.16. The number of hydrogen-bond donors (Lipinski definition) is 0. The van der Waals surface area contributed by atoms with E-state index in [0.29, 0.717) is 0 Å². The normalized spacial score (nSPS) is 11.1. The first kappa shape index (κ1) is 11.7. The molecule has 0 fully saturated rings. The molecule has 0 spiro atoms. The molecule has 14 heavy (non-hydrogen) atoms. The molecule has 0 radical (unpaired) electrons. The number of benzene rings is 1. The highest BCUT2D eigenvalue weighted by molar-refractivity contribution is 9.09. The third-order valence-electron chi connectivity index (χ3n) is 1.78. The SMILES string of the molecule is Fc1ccc(C/C=C/CCBr)cc1Cl. The molecule has 0 amide bonds. The molecule has 0 saturated heterocycles. The van der Waals surface area contributed by atoms with E-state index in [9.17, 15) is 4.39 Å². The summed E-state index contributed by atoms with van der Waals surface area (Å²) in [7, 11) is 0. The van der Waals surface area contributed by atoms with Crippen molar-refractivity contribution in [2.24, 2.45) is 0 Å². The Bertz CT molecular complexity index is 323. The van der Waals surface area contributed by atoms with Gasteiger partial charge in [0.2, 0.25) is 0 Å². The topological polar surface area (TPSA) is 0 Å². The van der Waals surface area contributed by atoms with Gasteiger partial charge in [-0.1, -0.05) is 45.7 Å². The molecule has 0 N–H and O–H groups in total. The van der Waals surface area contributed by atoms with Crippen molar-refractivity contribution in [2.75, 3.05) is 5.33 Å². The predicted octanol–water partition coefficient (Wildman–Crippen LogP) is 4.36. The van der Waals surface area contributed by atoms with E-state index in [1.165, 1.54) is 6.07 Å². The molecule has 1 aromatic rings. The quantitative estimate of drug-likeness (QED) is 0.566. The van der Waals surface area contributed by atoms with Crippen LogP contribution in [0.4, 0.5) is 4.39 Å². The van der Waals surface area contributed by atoms with Crippen LogP contribution in [0.3, 0.4) is 0 Å². The molecule has 1 aromatic carbocycles. The summed E-state index contributed by atoms with van der Waals surface area (Å²) >= 11 is 8.98. The summed E-state index contributed by atoms with van der Waals surface area (Å²) in [5.41, 5.74) is 1.03. The molecule has 0 aliphatic carbocycles. The fourth-order valence-corrected chi connectivity index (χ4v) is 1.53. The second kappa shape index (κ2) is 6.20. The molecule has 0 nitrogen and oxygen atoms in total. The van der Waals surface area contributed by atoms with Crippen molar-refractivity contribution < 1.29 is 4.39 Å². The van der Waals surface area contributed by atoms with Crippen molar-refractivity contribution in [3.05, 3.63) is 46.8 Å². The van der Waals surface area contributed by atoms with E-state index in [4.69, 9.17) is 11.6 Å². The smallest absolute Gasteiger partial charge is 0.141 e. The molecule has 0 aliphatic heterocycles. The Kier molecular flexibility index (Phi) is 5.20. The van der Waals surface area contributed by atoms with E-state index in [-0.39, 0.29) is 10.8 Å². The van der Waals surface area contributed by atoms with E-state index < -0.39 is 0 Å². The summed E-state index contributed by atoms with van der Waals surface area (Å²) in [6.07, 6.45) is 5.96. The van der Waals surface area contributed by atoms with Crippen LogP contribution in [0, 0.1) is 5.82 Å². The molecule has 0 bridgehead atoms. The van der Waals surface area contributed by atoms with Crippen molar-refractivity contribution in [3.63, 3.8) is 0 Å². The molecule has 0 heterocycles. The van der Waals surface area contributed by atoms with Crippen LogP contribution in [0.1, 0.15) is 12.0 Å². The lowest BCUT2D eigenvalue weighted by Gasteiger charge is -1.98. The molecule has 0 unspecified atom stereocenters. The van der Waals surface area contributed by atoms with Crippen LogP contribution in [0.2, 0.25) is 5.02 Å². The van der Waals surface area contributed by atoms with Crippen LogP contribution in [-0.2, 0) is 6.42 Å². The lowest BCUT2D eigenvalue weighted by atomic mass is 10.1. The van der Waals surface area contributed by atoms with E-state index in [0.717, 1.165) is 23.7 Å². The second-order valence-electron chi connectivity index (χ2n) is 2.90. The molecular weight excluding hydrogens is 266 g/mol. The Balaban J connectivity index is 2.55. The van der Waals surface area contributed by atoms with Crippen LogP contribution in [0.25, 0.3) is 0 Å². The minimum absolute atomic E-state index is 0.191. The molecule has 76 valence electrons. The summed E-state index contributed by atoms with van der Waals surface area (Å²) in [6.45, 7) is 0.